The summed E-state index contributed by atoms with van der Waals surface area (Å²) in [6, 6.07) is 5.93. The van der Waals surface area contributed by atoms with Gasteiger partial charge in [-0.25, -0.2) is 4.79 Å². The van der Waals surface area contributed by atoms with Crippen molar-refractivity contribution < 1.29 is 24.3 Å². The minimum atomic E-state index is -1.20. The monoisotopic (exact) mass is 509 g/mol. The summed E-state index contributed by atoms with van der Waals surface area (Å²) < 4.78 is 0. The van der Waals surface area contributed by atoms with Crippen molar-refractivity contribution in [2.24, 2.45) is 22.2 Å². The van der Waals surface area contributed by atoms with Crippen molar-refractivity contribution >= 4 is 41.4 Å². The van der Waals surface area contributed by atoms with Gasteiger partial charge in [0, 0.05) is 13.0 Å². The molecule has 0 aliphatic rings. The maximum Gasteiger partial charge on any atom is 0.326 e. The minimum absolute atomic E-state index is 0.0886. The number of carboxylic acid groups (broad SMARTS) is 1. The molecule has 1 rings (SSSR count). The Hall–Kier alpha value is -3.32. The number of nitrogens with one attached hydrogen (secondary N) is 3. The maximum absolute atomic E-state index is 12.7. The number of hydrogen-bond acceptors (Lipinski definition) is 7. The standard InChI is InChI=1S/C22H35N7O5S/c1-35-11-9-15(23)19(31)29-16(8-5-10-26-22(24)25)20(32)27-13-18(30)28-17(21(33)34)12-14-6-3-2-4-7-14/h2-4,6-7,15-17H,5,8-13,23H2,1H3,(H,27,32)(H,28,30)(H,29,31)(H,33,34)(H4,24,25,26). The number of benzene rings is 1. The number of aliphatic imine (C=N–C) groups is 1. The van der Waals surface area contributed by atoms with E-state index >= 15 is 0 Å². The van der Waals surface area contributed by atoms with Crippen LogP contribution >= 0.6 is 11.8 Å². The largest absolute Gasteiger partial charge is 0.480 e. The quantitative estimate of drug-likeness (QED) is 0.0785. The number of aliphatic carboxylic acids is 1. The fourth-order valence-corrected chi connectivity index (χ4v) is 3.50. The van der Waals surface area contributed by atoms with Gasteiger partial charge in [0.15, 0.2) is 5.96 Å². The van der Waals surface area contributed by atoms with Crippen molar-refractivity contribution in [3.8, 4) is 0 Å². The summed E-state index contributed by atoms with van der Waals surface area (Å²) in [5, 5.41) is 16.9. The van der Waals surface area contributed by atoms with Gasteiger partial charge in [0.2, 0.25) is 17.7 Å². The van der Waals surface area contributed by atoms with Crippen molar-refractivity contribution in [1.29, 1.82) is 0 Å². The van der Waals surface area contributed by atoms with E-state index in [-0.39, 0.29) is 25.3 Å². The summed E-state index contributed by atoms with van der Waals surface area (Å²) in [4.78, 5) is 52.8. The van der Waals surface area contributed by atoms with Crippen LogP contribution in [0.5, 0.6) is 0 Å². The molecule has 12 nitrogen and oxygen atoms in total. The fourth-order valence-electron chi connectivity index (χ4n) is 3.01. The van der Waals surface area contributed by atoms with Gasteiger partial charge in [-0.3, -0.25) is 19.4 Å². The van der Waals surface area contributed by atoms with E-state index in [0.717, 1.165) is 5.56 Å². The third-order valence-electron chi connectivity index (χ3n) is 4.89. The molecule has 3 unspecified atom stereocenters. The molecule has 0 aliphatic carbocycles. The molecule has 1 aromatic rings. The predicted molar refractivity (Wildman–Crippen MR) is 136 cm³/mol. The molecule has 0 radical (unpaired) electrons. The second kappa shape index (κ2) is 16.3. The van der Waals surface area contributed by atoms with E-state index in [1.807, 2.05) is 6.26 Å². The van der Waals surface area contributed by atoms with Gasteiger partial charge in [-0.15, -0.1) is 0 Å². The molecule has 3 amide bonds. The SMILES string of the molecule is CSCCC(N)C(=O)NC(CCCN=C(N)N)C(=O)NCC(=O)NC(Cc1ccccc1)C(=O)O. The van der Waals surface area contributed by atoms with Gasteiger partial charge in [-0.05, 0) is 36.8 Å². The van der Waals surface area contributed by atoms with Crippen LogP contribution in [-0.2, 0) is 25.6 Å². The highest BCUT2D eigenvalue weighted by molar-refractivity contribution is 7.98. The smallest absolute Gasteiger partial charge is 0.326 e. The lowest BCUT2D eigenvalue weighted by molar-refractivity contribution is -0.141. The van der Waals surface area contributed by atoms with Crippen LogP contribution in [0.2, 0.25) is 0 Å². The second-order valence-corrected chi connectivity index (χ2v) is 8.75. The van der Waals surface area contributed by atoms with Gasteiger partial charge in [-0.2, -0.15) is 11.8 Å². The molecule has 10 N–H and O–H groups in total. The number of carbonyl (C=O) groups excluding carboxylic acids is 3. The Balaban J connectivity index is 2.70. The lowest BCUT2D eigenvalue weighted by Gasteiger charge is -2.21. The van der Waals surface area contributed by atoms with E-state index in [4.69, 9.17) is 17.2 Å². The molecule has 35 heavy (non-hydrogen) atoms. The van der Waals surface area contributed by atoms with E-state index in [1.165, 1.54) is 0 Å². The number of rotatable bonds is 16. The average molecular weight is 510 g/mol. The summed E-state index contributed by atoms with van der Waals surface area (Å²) in [5.74, 6) is -2.37. The molecule has 0 fully saturated rings. The molecular formula is C22H35N7O5S. The maximum atomic E-state index is 12.7. The fraction of sp³-hybridized carbons (Fsp3) is 0.500. The Morgan fingerprint density at radius 1 is 1.03 bits per heavy atom. The number of amides is 3. The van der Waals surface area contributed by atoms with Crippen molar-refractivity contribution in [2.45, 2.75) is 43.8 Å². The number of carboxylic acids is 1. The first-order chi connectivity index (χ1) is 16.6. The van der Waals surface area contributed by atoms with Crippen molar-refractivity contribution in [1.82, 2.24) is 16.0 Å². The van der Waals surface area contributed by atoms with Crippen molar-refractivity contribution in [2.75, 3.05) is 25.1 Å². The van der Waals surface area contributed by atoms with Gasteiger partial charge >= 0.3 is 5.97 Å². The molecule has 0 aliphatic heterocycles. The summed E-state index contributed by atoms with van der Waals surface area (Å²) in [6.07, 6.45) is 3.02. The van der Waals surface area contributed by atoms with Crippen LogP contribution in [0.4, 0.5) is 0 Å². The Kier molecular flexibility index (Phi) is 13.9. The zero-order valence-electron chi connectivity index (χ0n) is 19.7. The number of nitrogens with two attached hydrogens (primary N) is 3. The van der Waals surface area contributed by atoms with Crippen molar-refractivity contribution in [3.63, 3.8) is 0 Å². The topological polar surface area (TPSA) is 215 Å². The first-order valence-corrected chi connectivity index (χ1v) is 12.5. The number of nitrogens with zero attached hydrogens (tertiary/aromatic N) is 1. The van der Waals surface area contributed by atoms with Crippen LogP contribution < -0.4 is 33.2 Å². The molecule has 3 atom stereocenters. The number of guanidine groups is 1. The molecule has 0 saturated carbocycles. The van der Waals surface area contributed by atoms with Crippen LogP contribution in [-0.4, -0.2) is 78.0 Å². The normalized spacial score (nSPS) is 13.1. The van der Waals surface area contributed by atoms with E-state index in [2.05, 4.69) is 20.9 Å². The van der Waals surface area contributed by atoms with Crippen LogP contribution in [0.3, 0.4) is 0 Å². The highest BCUT2D eigenvalue weighted by atomic mass is 32.2. The first-order valence-electron chi connectivity index (χ1n) is 11.1. The number of carbonyl (C=O) groups is 4. The van der Waals surface area contributed by atoms with E-state index < -0.39 is 48.4 Å². The molecule has 13 heteroatoms. The van der Waals surface area contributed by atoms with Crippen LogP contribution in [0.1, 0.15) is 24.8 Å². The molecule has 0 heterocycles. The molecule has 194 valence electrons. The third kappa shape index (κ3) is 12.6. The Morgan fingerprint density at radius 2 is 1.71 bits per heavy atom. The van der Waals surface area contributed by atoms with E-state index in [9.17, 15) is 24.3 Å². The molecule has 0 saturated heterocycles. The summed E-state index contributed by atoms with van der Waals surface area (Å²) in [6.45, 7) is -0.211. The summed E-state index contributed by atoms with van der Waals surface area (Å²) in [7, 11) is 0. The van der Waals surface area contributed by atoms with E-state index in [0.29, 0.717) is 18.6 Å². The zero-order chi connectivity index (χ0) is 26.2. The van der Waals surface area contributed by atoms with Gasteiger partial charge in [-0.1, -0.05) is 30.3 Å². The van der Waals surface area contributed by atoms with Crippen LogP contribution in [0, 0.1) is 0 Å². The van der Waals surface area contributed by atoms with Crippen LogP contribution in [0.15, 0.2) is 35.3 Å². The zero-order valence-corrected chi connectivity index (χ0v) is 20.6. The lowest BCUT2D eigenvalue weighted by Crippen LogP contribution is -2.53. The summed E-state index contributed by atoms with van der Waals surface area (Å²) >= 11 is 1.55. The Bertz CT molecular complexity index is 865. The average Bonchev–Trinajstić information content (AvgIpc) is 2.82. The molecule has 0 spiro atoms. The third-order valence-corrected chi connectivity index (χ3v) is 5.53. The predicted octanol–water partition coefficient (Wildman–Crippen LogP) is -1.47. The van der Waals surface area contributed by atoms with Gasteiger partial charge < -0.3 is 38.3 Å². The Morgan fingerprint density at radius 3 is 2.31 bits per heavy atom. The van der Waals surface area contributed by atoms with Gasteiger partial charge in [0.25, 0.3) is 0 Å². The van der Waals surface area contributed by atoms with Gasteiger partial charge in [0.05, 0.1) is 12.6 Å². The molecular weight excluding hydrogens is 474 g/mol. The second-order valence-electron chi connectivity index (χ2n) is 7.76. The first kappa shape index (κ1) is 29.7. The Labute approximate surface area is 208 Å². The lowest BCUT2D eigenvalue weighted by atomic mass is 10.1. The van der Waals surface area contributed by atoms with Gasteiger partial charge in [0.1, 0.15) is 12.1 Å². The van der Waals surface area contributed by atoms with Crippen LogP contribution in [0.25, 0.3) is 0 Å². The summed E-state index contributed by atoms with van der Waals surface area (Å²) in [5.41, 5.74) is 17.2. The highest BCUT2D eigenvalue weighted by Gasteiger charge is 2.25. The molecule has 0 aromatic heterocycles. The van der Waals surface area contributed by atoms with Crippen molar-refractivity contribution in [3.05, 3.63) is 35.9 Å². The number of thioether (sulfide) groups is 1. The van der Waals surface area contributed by atoms with E-state index in [1.54, 1.807) is 42.1 Å². The molecule has 0 bridgehead atoms. The minimum Gasteiger partial charge on any atom is -0.480 e. The highest BCUT2D eigenvalue weighted by Crippen LogP contribution is 2.04. The number of hydrogen-bond donors (Lipinski definition) is 7. The molecule has 1 aromatic carbocycles.